The Morgan fingerprint density at radius 1 is 1.17 bits per heavy atom. The quantitative estimate of drug-likeness (QED) is 0.849. The number of benzene rings is 1. The maximum Gasteiger partial charge on any atom is 0.248 e. The smallest absolute Gasteiger partial charge is 0.248 e. The van der Waals surface area contributed by atoms with Gasteiger partial charge in [-0.2, -0.15) is 0 Å². The molecule has 2 atom stereocenters. The van der Waals surface area contributed by atoms with Crippen LogP contribution in [-0.4, -0.2) is 31.3 Å². The molecule has 23 heavy (non-hydrogen) atoms. The third-order valence-corrected chi connectivity index (χ3v) is 6.73. The van der Waals surface area contributed by atoms with Gasteiger partial charge in [-0.3, -0.25) is 4.79 Å². The molecule has 1 amide bonds. The molecule has 0 saturated carbocycles. The zero-order chi connectivity index (χ0) is 16.4. The molecule has 0 N–H and O–H groups in total. The van der Waals surface area contributed by atoms with Gasteiger partial charge in [-0.15, -0.1) is 0 Å². The zero-order valence-electron chi connectivity index (χ0n) is 13.4. The summed E-state index contributed by atoms with van der Waals surface area (Å²) in [6.45, 7) is 2.12. The fourth-order valence-corrected chi connectivity index (χ4v) is 5.27. The minimum Gasteiger partial charge on any atom is -0.333 e. The zero-order valence-corrected chi connectivity index (χ0v) is 14.3. The number of carbonyl (C=O) groups is 1. The van der Waals surface area contributed by atoms with Gasteiger partial charge in [0.05, 0.1) is 9.80 Å². The Kier molecular flexibility index (Phi) is 4.57. The number of nitrogens with zero attached hydrogens (tertiary/aromatic N) is 1. The summed E-state index contributed by atoms with van der Waals surface area (Å²) >= 11 is 0. The number of sulfone groups is 1. The van der Waals surface area contributed by atoms with Crippen LogP contribution in [0.3, 0.4) is 0 Å². The molecule has 5 heteroatoms. The van der Waals surface area contributed by atoms with E-state index in [1.807, 2.05) is 4.90 Å². The summed E-state index contributed by atoms with van der Waals surface area (Å²) in [6, 6.07) is 8.69. The molecular weight excluding hydrogens is 310 g/mol. The SMILES string of the molecule is CCC[C@H]1CCC[C@@H]2CC(S(=O)(=O)c3ccccc3)=CC(=O)N12. The molecule has 0 unspecified atom stereocenters. The van der Waals surface area contributed by atoms with Gasteiger partial charge in [0.1, 0.15) is 0 Å². The van der Waals surface area contributed by atoms with Crippen LogP contribution in [0.1, 0.15) is 45.4 Å². The van der Waals surface area contributed by atoms with Crippen molar-refractivity contribution >= 4 is 15.7 Å². The average molecular weight is 333 g/mol. The lowest BCUT2D eigenvalue weighted by atomic mass is 9.89. The first kappa shape index (κ1) is 16.2. The second-order valence-electron chi connectivity index (χ2n) is 6.40. The van der Waals surface area contributed by atoms with Crippen molar-refractivity contribution < 1.29 is 13.2 Å². The lowest BCUT2D eigenvalue weighted by Crippen LogP contribution is -2.51. The highest BCUT2D eigenvalue weighted by Gasteiger charge is 2.39. The molecule has 3 rings (SSSR count). The normalized spacial score (nSPS) is 25.0. The number of carbonyl (C=O) groups excluding carboxylic acids is 1. The van der Waals surface area contributed by atoms with Gasteiger partial charge in [0, 0.05) is 24.6 Å². The molecule has 2 aliphatic heterocycles. The van der Waals surface area contributed by atoms with Crippen molar-refractivity contribution in [2.24, 2.45) is 0 Å². The molecule has 2 heterocycles. The molecule has 0 bridgehead atoms. The van der Waals surface area contributed by atoms with E-state index in [2.05, 4.69) is 6.92 Å². The average Bonchev–Trinajstić information content (AvgIpc) is 2.56. The molecule has 0 aliphatic carbocycles. The summed E-state index contributed by atoms with van der Waals surface area (Å²) in [7, 11) is -3.56. The Morgan fingerprint density at radius 2 is 1.91 bits per heavy atom. The first-order valence-electron chi connectivity index (χ1n) is 8.37. The van der Waals surface area contributed by atoms with Gasteiger partial charge >= 0.3 is 0 Å². The van der Waals surface area contributed by atoms with Gasteiger partial charge in [-0.25, -0.2) is 8.42 Å². The minimum absolute atomic E-state index is 0.0336. The van der Waals surface area contributed by atoms with Crippen LogP contribution < -0.4 is 0 Å². The highest BCUT2D eigenvalue weighted by Crippen LogP contribution is 2.35. The largest absolute Gasteiger partial charge is 0.333 e. The van der Waals surface area contributed by atoms with Gasteiger partial charge < -0.3 is 4.90 Å². The van der Waals surface area contributed by atoms with E-state index in [0.717, 1.165) is 32.1 Å². The van der Waals surface area contributed by atoms with E-state index in [9.17, 15) is 13.2 Å². The number of hydrogen-bond acceptors (Lipinski definition) is 3. The van der Waals surface area contributed by atoms with Crippen LogP contribution in [0.15, 0.2) is 46.2 Å². The molecule has 0 radical (unpaired) electrons. The molecular formula is C18H23NO3S. The Morgan fingerprint density at radius 3 is 2.61 bits per heavy atom. The van der Waals surface area contributed by atoms with Crippen molar-refractivity contribution in [3.63, 3.8) is 0 Å². The number of hydrogen-bond donors (Lipinski definition) is 0. The second-order valence-corrected chi connectivity index (χ2v) is 8.41. The molecule has 0 spiro atoms. The predicted molar refractivity (Wildman–Crippen MR) is 89.5 cm³/mol. The number of rotatable bonds is 4. The van der Waals surface area contributed by atoms with E-state index in [0.29, 0.717) is 6.42 Å². The summed E-state index contributed by atoms with van der Waals surface area (Å²) < 4.78 is 25.6. The number of piperidine rings is 1. The highest BCUT2D eigenvalue weighted by atomic mass is 32.2. The summed E-state index contributed by atoms with van der Waals surface area (Å²) in [5.41, 5.74) is 0. The van der Waals surface area contributed by atoms with E-state index in [1.165, 1.54) is 6.08 Å². The third kappa shape index (κ3) is 3.07. The first-order valence-corrected chi connectivity index (χ1v) is 9.85. The second kappa shape index (κ2) is 6.48. The molecule has 1 aromatic rings. The van der Waals surface area contributed by atoms with Crippen molar-refractivity contribution in [1.29, 1.82) is 0 Å². The summed E-state index contributed by atoms with van der Waals surface area (Å²) in [5.74, 6) is -0.131. The van der Waals surface area contributed by atoms with Crippen LogP contribution in [0.2, 0.25) is 0 Å². The van der Waals surface area contributed by atoms with E-state index < -0.39 is 9.84 Å². The highest BCUT2D eigenvalue weighted by molar-refractivity contribution is 7.95. The number of amides is 1. The van der Waals surface area contributed by atoms with Crippen molar-refractivity contribution in [2.45, 2.75) is 62.4 Å². The fraction of sp³-hybridized carbons (Fsp3) is 0.500. The van der Waals surface area contributed by atoms with Crippen molar-refractivity contribution in [3.8, 4) is 0 Å². The summed E-state index contributed by atoms with van der Waals surface area (Å²) in [5, 5.41) is 0. The topological polar surface area (TPSA) is 54.5 Å². The Labute approximate surface area is 138 Å². The maximum atomic E-state index is 12.8. The molecule has 1 fully saturated rings. The van der Waals surface area contributed by atoms with Crippen molar-refractivity contribution in [2.75, 3.05) is 0 Å². The summed E-state index contributed by atoms with van der Waals surface area (Å²) in [6.07, 6.45) is 6.84. The van der Waals surface area contributed by atoms with Gasteiger partial charge in [0.2, 0.25) is 15.7 Å². The first-order chi connectivity index (χ1) is 11.0. The van der Waals surface area contributed by atoms with Crippen molar-refractivity contribution in [3.05, 3.63) is 41.3 Å². The van der Waals surface area contributed by atoms with Gasteiger partial charge in [0.25, 0.3) is 0 Å². The van der Waals surface area contributed by atoms with E-state index in [1.54, 1.807) is 30.3 Å². The molecule has 2 aliphatic rings. The minimum atomic E-state index is -3.56. The fourth-order valence-electron chi connectivity index (χ4n) is 3.78. The molecule has 4 nitrogen and oxygen atoms in total. The molecule has 1 saturated heterocycles. The standard InChI is InChI=1S/C18H23NO3S/c1-2-7-14-8-6-9-15-12-17(13-18(20)19(14)15)23(21,22)16-10-4-3-5-11-16/h3-5,10-11,13-15H,2,6-9,12H2,1H3/t14-,15+/m0/s1. The Balaban J connectivity index is 1.92. The van der Waals surface area contributed by atoms with Crippen LogP contribution in [0.5, 0.6) is 0 Å². The van der Waals surface area contributed by atoms with Crippen LogP contribution in [0, 0.1) is 0 Å². The van der Waals surface area contributed by atoms with E-state index >= 15 is 0 Å². The van der Waals surface area contributed by atoms with Crippen LogP contribution in [0.4, 0.5) is 0 Å². The number of fused-ring (bicyclic) bond motifs is 1. The lowest BCUT2D eigenvalue weighted by molar-refractivity contribution is -0.134. The molecule has 0 aromatic heterocycles. The predicted octanol–water partition coefficient (Wildman–Crippen LogP) is 3.30. The Bertz CT molecular complexity index is 707. The Hall–Kier alpha value is -1.62. The molecule has 1 aromatic carbocycles. The third-order valence-electron chi connectivity index (χ3n) is 4.86. The lowest BCUT2D eigenvalue weighted by Gasteiger charge is -2.44. The van der Waals surface area contributed by atoms with Gasteiger partial charge in [-0.05, 0) is 37.8 Å². The maximum absolute atomic E-state index is 12.8. The monoisotopic (exact) mass is 333 g/mol. The molecule has 124 valence electrons. The summed E-state index contributed by atoms with van der Waals surface area (Å²) in [4.78, 5) is 15.1. The van der Waals surface area contributed by atoms with E-state index in [4.69, 9.17) is 0 Å². The van der Waals surface area contributed by atoms with Crippen LogP contribution >= 0.6 is 0 Å². The van der Waals surface area contributed by atoms with Crippen LogP contribution in [0.25, 0.3) is 0 Å². The van der Waals surface area contributed by atoms with Gasteiger partial charge in [-0.1, -0.05) is 31.5 Å². The van der Waals surface area contributed by atoms with E-state index in [-0.39, 0.29) is 27.8 Å². The van der Waals surface area contributed by atoms with Gasteiger partial charge in [0.15, 0.2) is 0 Å². The van der Waals surface area contributed by atoms with Crippen molar-refractivity contribution in [1.82, 2.24) is 4.90 Å². The van der Waals surface area contributed by atoms with Crippen LogP contribution in [-0.2, 0) is 14.6 Å².